The number of nitrogens with zero attached hydrogens (tertiary/aromatic N) is 2. The zero-order valence-corrected chi connectivity index (χ0v) is 46.6. The molecule has 0 amide bonds. The van der Waals surface area contributed by atoms with Crippen LogP contribution in [0.15, 0.2) is 133 Å². The SMILES string of the molecule is CCCCCCC1(CCCCCC)c2cc(-c3ccc(C)cc3)ccc2-c2ccc(-c3ccc(-c4ccc5c(c4)C(CCCCCC)(CCCCCC)c4cc(-c6ccc(C(F)(F)F)cc6)ccc4-5)c4nsnc34)cc21. The Balaban J connectivity index is 1.06. The van der Waals surface area contributed by atoms with Crippen LogP contribution in [0, 0.1) is 6.92 Å². The molecule has 0 bridgehead atoms. The summed E-state index contributed by atoms with van der Waals surface area (Å²) in [6, 6.07) is 47.7. The Hall–Kier alpha value is -5.85. The van der Waals surface area contributed by atoms with Gasteiger partial charge >= 0.3 is 6.18 Å². The summed E-state index contributed by atoms with van der Waals surface area (Å²) >= 11 is 1.30. The van der Waals surface area contributed by atoms with E-state index in [2.05, 4.69) is 144 Å². The van der Waals surface area contributed by atoms with E-state index in [4.69, 9.17) is 8.75 Å². The van der Waals surface area contributed by atoms with E-state index in [-0.39, 0.29) is 10.8 Å². The molecule has 0 spiro atoms. The number of benzene rings is 7. The summed E-state index contributed by atoms with van der Waals surface area (Å²) in [5, 5.41) is 0. The van der Waals surface area contributed by atoms with Gasteiger partial charge in [0.15, 0.2) is 0 Å². The van der Waals surface area contributed by atoms with E-state index >= 15 is 0 Å². The maximum Gasteiger partial charge on any atom is 0.416 e. The van der Waals surface area contributed by atoms with Crippen molar-refractivity contribution < 1.29 is 13.2 Å². The van der Waals surface area contributed by atoms with E-state index in [1.165, 1.54) is 181 Å². The van der Waals surface area contributed by atoms with Crippen LogP contribution in [-0.4, -0.2) is 8.75 Å². The molecule has 7 aromatic carbocycles. The van der Waals surface area contributed by atoms with Crippen molar-refractivity contribution in [2.24, 2.45) is 0 Å². The first kappa shape index (κ1) is 53.5. The molecule has 1 aromatic heterocycles. The molecule has 76 heavy (non-hydrogen) atoms. The minimum absolute atomic E-state index is 0.0810. The minimum Gasteiger partial charge on any atom is -0.172 e. The monoisotopic (exact) mass is 1030 g/mol. The number of alkyl halides is 3. The molecule has 6 heteroatoms. The Labute approximate surface area is 456 Å². The first-order chi connectivity index (χ1) is 37.0. The van der Waals surface area contributed by atoms with Crippen molar-refractivity contribution in [1.29, 1.82) is 0 Å². The third-order valence-electron chi connectivity index (χ3n) is 17.5. The van der Waals surface area contributed by atoms with Crippen molar-refractivity contribution in [3.05, 3.63) is 167 Å². The van der Waals surface area contributed by atoms with Gasteiger partial charge in [-0.3, -0.25) is 0 Å². The molecule has 10 rings (SSSR count). The van der Waals surface area contributed by atoms with Crippen molar-refractivity contribution in [2.45, 2.75) is 180 Å². The number of rotatable bonds is 24. The van der Waals surface area contributed by atoms with Crippen LogP contribution in [0.2, 0.25) is 0 Å². The summed E-state index contributed by atoms with van der Waals surface area (Å²) in [5.41, 5.74) is 22.1. The molecule has 0 unspecified atom stereocenters. The predicted octanol–water partition coefficient (Wildman–Crippen LogP) is 22.1. The van der Waals surface area contributed by atoms with Crippen LogP contribution in [0.5, 0.6) is 0 Å². The fraction of sp³-hybridized carbons (Fsp3) is 0.400. The summed E-state index contributed by atoms with van der Waals surface area (Å²) in [6.45, 7) is 11.3. The molecule has 2 nitrogen and oxygen atoms in total. The summed E-state index contributed by atoms with van der Waals surface area (Å²) in [7, 11) is 0. The molecule has 0 aliphatic heterocycles. The zero-order chi connectivity index (χ0) is 52.9. The molecule has 0 saturated heterocycles. The summed E-state index contributed by atoms with van der Waals surface area (Å²) < 4.78 is 51.3. The van der Waals surface area contributed by atoms with Gasteiger partial charge in [-0.05, 0) is 147 Å². The molecule has 0 N–H and O–H groups in total. The third kappa shape index (κ3) is 10.5. The molecule has 2 aliphatic rings. The molecule has 2 aliphatic carbocycles. The quantitative estimate of drug-likeness (QED) is 0.0564. The van der Waals surface area contributed by atoms with Crippen LogP contribution in [0.4, 0.5) is 13.2 Å². The highest BCUT2D eigenvalue weighted by Gasteiger charge is 2.44. The molecule has 0 radical (unpaired) electrons. The number of aryl methyl sites for hydroxylation is 1. The summed E-state index contributed by atoms with van der Waals surface area (Å²) in [6.07, 6.45) is 19.1. The van der Waals surface area contributed by atoms with E-state index < -0.39 is 11.7 Å². The van der Waals surface area contributed by atoms with E-state index in [0.29, 0.717) is 0 Å². The molecule has 394 valence electrons. The lowest BCUT2D eigenvalue weighted by atomic mass is 9.69. The minimum atomic E-state index is -4.38. The van der Waals surface area contributed by atoms with Crippen molar-refractivity contribution in [1.82, 2.24) is 8.75 Å². The van der Waals surface area contributed by atoms with Gasteiger partial charge in [0.2, 0.25) is 0 Å². The second kappa shape index (κ2) is 23.4. The van der Waals surface area contributed by atoms with E-state index in [1.54, 1.807) is 12.1 Å². The van der Waals surface area contributed by atoms with Gasteiger partial charge in [-0.25, -0.2) is 0 Å². The smallest absolute Gasteiger partial charge is 0.172 e. The first-order valence-corrected chi connectivity index (χ1v) is 29.9. The Morgan fingerprint density at radius 2 is 0.658 bits per heavy atom. The predicted molar refractivity (Wildman–Crippen MR) is 316 cm³/mol. The Morgan fingerprint density at radius 3 is 1.00 bits per heavy atom. The standard InChI is InChI=1S/C70H77F3N2S/c1-6-10-14-18-40-68(41-19-15-11-7-2)62-44-51(49-24-22-48(5)23-25-49)28-34-58(62)60-36-30-53(46-64(60)68)56-38-39-57(67-66(56)74-76-75-67)54-31-37-61-59-35-29-52(50-26-32-55(33-27-50)70(71,72)73)45-63(59)69(65(61)47-54,42-20-16-12-8-3)43-21-17-13-9-4/h22-39,44-47H,6-21,40-43H2,1-5H3. The molecule has 8 aromatic rings. The topological polar surface area (TPSA) is 25.8 Å². The lowest BCUT2D eigenvalue weighted by Crippen LogP contribution is -2.25. The second-order valence-corrected chi connectivity index (χ2v) is 23.0. The number of hydrogen-bond donors (Lipinski definition) is 0. The van der Waals surface area contributed by atoms with Gasteiger partial charge in [-0.2, -0.15) is 21.9 Å². The lowest BCUT2D eigenvalue weighted by Gasteiger charge is -2.33. The molecular weight excluding hydrogens is 958 g/mol. The van der Waals surface area contributed by atoms with Crippen LogP contribution in [0.1, 0.15) is 189 Å². The van der Waals surface area contributed by atoms with Crippen molar-refractivity contribution in [3.8, 4) is 66.8 Å². The van der Waals surface area contributed by atoms with Crippen molar-refractivity contribution in [3.63, 3.8) is 0 Å². The highest BCUT2D eigenvalue weighted by atomic mass is 32.1. The Kier molecular flexibility index (Phi) is 16.5. The molecule has 1 heterocycles. The number of hydrogen-bond acceptors (Lipinski definition) is 3. The third-order valence-corrected chi connectivity index (χ3v) is 18.0. The molecular formula is C70H77F3N2S. The number of aromatic nitrogens is 2. The highest BCUT2D eigenvalue weighted by molar-refractivity contribution is 7.00. The average molecular weight is 1040 g/mol. The average Bonchev–Trinajstić information content (AvgIpc) is 4.12. The maximum absolute atomic E-state index is 13.7. The van der Waals surface area contributed by atoms with Crippen LogP contribution >= 0.6 is 11.7 Å². The van der Waals surface area contributed by atoms with Gasteiger partial charge in [0, 0.05) is 22.0 Å². The first-order valence-electron chi connectivity index (χ1n) is 29.1. The fourth-order valence-corrected chi connectivity index (χ4v) is 13.9. The van der Waals surface area contributed by atoms with Crippen LogP contribution in [-0.2, 0) is 17.0 Å². The van der Waals surface area contributed by atoms with E-state index in [9.17, 15) is 13.2 Å². The maximum atomic E-state index is 13.7. The van der Waals surface area contributed by atoms with Gasteiger partial charge in [-0.1, -0.05) is 233 Å². The number of unbranched alkanes of at least 4 members (excludes halogenated alkanes) is 12. The fourth-order valence-electron chi connectivity index (χ4n) is 13.4. The zero-order valence-electron chi connectivity index (χ0n) is 45.8. The van der Waals surface area contributed by atoms with Gasteiger partial charge < -0.3 is 0 Å². The largest absolute Gasteiger partial charge is 0.416 e. The summed E-state index contributed by atoms with van der Waals surface area (Å²) in [4.78, 5) is 0. The molecule has 0 fully saturated rings. The van der Waals surface area contributed by atoms with Crippen LogP contribution in [0.25, 0.3) is 77.8 Å². The number of halogens is 3. The molecule has 0 saturated carbocycles. The highest BCUT2D eigenvalue weighted by Crippen LogP contribution is 2.58. The van der Waals surface area contributed by atoms with Crippen LogP contribution in [0.3, 0.4) is 0 Å². The number of fused-ring (bicyclic) bond motifs is 7. The van der Waals surface area contributed by atoms with Crippen molar-refractivity contribution >= 4 is 22.8 Å². The van der Waals surface area contributed by atoms with E-state index in [0.717, 1.165) is 77.4 Å². The molecule has 0 atom stereocenters. The van der Waals surface area contributed by atoms with Crippen LogP contribution < -0.4 is 0 Å². The van der Waals surface area contributed by atoms with Gasteiger partial charge in [-0.15, -0.1) is 0 Å². The van der Waals surface area contributed by atoms with E-state index in [1.807, 2.05) is 0 Å². The Morgan fingerprint density at radius 1 is 0.355 bits per heavy atom. The Bertz CT molecular complexity index is 3250. The lowest BCUT2D eigenvalue weighted by molar-refractivity contribution is -0.137. The van der Waals surface area contributed by atoms with Gasteiger partial charge in [0.1, 0.15) is 11.0 Å². The van der Waals surface area contributed by atoms with Crippen molar-refractivity contribution in [2.75, 3.05) is 0 Å². The van der Waals surface area contributed by atoms with Gasteiger partial charge in [0.05, 0.1) is 17.3 Å². The summed E-state index contributed by atoms with van der Waals surface area (Å²) in [5.74, 6) is 0. The van der Waals surface area contributed by atoms with Gasteiger partial charge in [0.25, 0.3) is 0 Å². The second-order valence-electron chi connectivity index (χ2n) is 22.5. The normalized spacial score (nSPS) is 14.0.